The van der Waals surface area contributed by atoms with Crippen molar-refractivity contribution in [2.24, 2.45) is 22.9 Å². The van der Waals surface area contributed by atoms with E-state index in [0.717, 1.165) is 5.56 Å². The van der Waals surface area contributed by atoms with Gasteiger partial charge in [-0.1, -0.05) is 42.3 Å². The maximum Gasteiger partial charge on any atom is 0.416 e. The van der Waals surface area contributed by atoms with Gasteiger partial charge in [-0.3, -0.25) is 29.9 Å². The van der Waals surface area contributed by atoms with E-state index in [1.54, 1.807) is 48.5 Å². The van der Waals surface area contributed by atoms with Crippen molar-refractivity contribution in [3.05, 3.63) is 182 Å². The molecule has 1 saturated carbocycles. The topological polar surface area (TPSA) is 232 Å². The summed E-state index contributed by atoms with van der Waals surface area (Å²) in [6.45, 7) is 3.60. The summed E-state index contributed by atoms with van der Waals surface area (Å²) in [6, 6.07) is 25.6. The number of oxime groups is 1. The van der Waals surface area contributed by atoms with E-state index in [9.17, 15) is 39.6 Å². The number of hydrogen-bond acceptors (Lipinski definition) is 15. The van der Waals surface area contributed by atoms with Gasteiger partial charge in [-0.15, -0.1) is 6.58 Å². The van der Waals surface area contributed by atoms with Crippen molar-refractivity contribution in [3.63, 3.8) is 0 Å². The van der Waals surface area contributed by atoms with Crippen molar-refractivity contribution in [1.29, 1.82) is 0 Å². The lowest BCUT2D eigenvalue weighted by molar-refractivity contribution is -0.385. The molecule has 0 spiro atoms. The maximum atomic E-state index is 15.1. The van der Waals surface area contributed by atoms with Gasteiger partial charge in [0, 0.05) is 61.9 Å². The molecule has 392 valence electrons. The van der Waals surface area contributed by atoms with Crippen molar-refractivity contribution < 1.29 is 62.6 Å². The zero-order valence-electron chi connectivity index (χ0n) is 41.2. The highest BCUT2D eigenvalue weighted by Gasteiger charge is 2.66. The van der Waals surface area contributed by atoms with Crippen LogP contribution in [-0.2, 0) is 22.7 Å². The number of non-ortho nitro benzene ring substituents is 2. The lowest BCUT2D eigenvalue weighted by atomic mass is 9.55. The highest BCUT2D eigenvalue weighted by Crippen LogP contribution is 2.62. The summed E-state index contributed by atoms with van der Waals surface area (Å²) in [5.74, 6) is -2.34. The number of rotatable bonds is 24. The highest BCUT2D eigenvalue weighted by molar-refractivity contribution is 6.03. The van der Waals surface area contributed by atoms with Gasteiger partial charge in [0.05, 0.1) is 40.8 Å². The second-order valence-corrected chi connectivity index (χ2v) is 18.5. The van der Waals surface area contributed by atoms with Crippen molar-refractivity contribution >= 4 is 29.5 Å². The van der Waals surface area contributed by atoms with Gasteiger partial charge in [-0.05, 0) is 127 Å². The van der Waals surface area contributed by atoms with Gasteiger partial charge in [0.1, 0.15) is 47.2 Å². The molecular weight excluding hydrogens is 972 g/mol. The normalized spacial score (nSPS) is 20.8. The molecule has 6 atom stereocenters. The second-order valence-electron chi connectivity index (χ2n) is 18.5. The first-order valence-electron chi connectivity index (χ1n) is 24.6. The van der Waals surface area contributed by atoms with Gasteiger partial charge in [-0.2, -0.15) is 0 Å². The number of carbonyl (C=O) groups excluding carboxylic acids is 2. The van der Waals surface area contributed by atoms with Crippen LogP contribution in [0.4, 0.5) is 20.6 Å². The average molecular weight is 1030 g/mol. The zero-order valence-corrected chi connectivity index (χ0v) is 41.2. The summed E-state index contributed by atoms with van der Waals surface area (Å²) in [4.78, 5) is 56.8. The van der Waals surface area contributed by atoms with Crippen LogP contribution in [0.2, 0.25) is 0 Å². The molecule has 0 saturated heterocycles. The van der Waals surface area contributed by atoms with E-state index in [2.05, 4.69) is 12.7 Å². The SMILES string of the molecule is C=CCOC12Oc3ccc(Oc4ccc(OC)c(C=O)c4)cc3C3C(CCCCO)C(CCCCO)C=C(C(=NOCc4ccc([N+](=O)[O-])cc4)CC1N(Cc1ccc(F)cc1)C(=O)Oc1ccc([N+](=O)[O-])cc1)C32. The van der Waals surface area contributed by atoms with Crippen LogP contribution in [0.5, 0.6) is 28.7 Å². The second kappa shape index (κ2) is 24.4. The molecule has 3 aliphatic rings. The number of fused-ring (bicyclic) bond motifs is 2. The maximum absolute atomic E-state index is 15.1. The summed E-state index contributed by atoms with van der Waals surface area (Å²) in [5, 5.41) is 48.0. The lowest BCUT2D eigenvalue weighted by Gasteiger charge is -2.59. The highest BCUT2D eigenvalue weighted by atomic mass is 19.1. The quantitative estimate of drug-likeness (QED) is 0.0192. The van der Waals surface area contributed by atoms with Crippen molar-refractivity contribution in [1.82, 2.24) is 4.90 Å². The third kappa shape index (κ3) is 12.0. The fourth-order valence-electron chi connectivity index (χ4n) is 10.5. The van der Waals surface area contributed by atoms with E-state index < -0.39 is 45.4 Å². The fraction of sp³-hybridized carbons (Fsp3) is 0.339. The lowest BCUT2D eigenvalue weighted by Crippen LogP contribution is -2.70. The Hall–Kier alpha value is -8.00. The Bertz CT molecular complexity index is 2920. The molecule has 0 bridgehead atoms. The molecule has 6 unspecified atom stereocenters. The molecule has 75 heavy (non-hydrogen) atoms. The smallest absolute Gasteiger partial charge is 0.416 e. The Labute approximate surface area is 431 Å². The molecule has 5 aromatic rings. The number of aliphatic hydroxyl groups is 2. The van der Waals surface area contributed by atoms with Gasteiger partial charge in [0.2, 0.25) is 5.79 Å². The van der Waals surface area contributed by atoms with Crippen LogP contribution in [0.15, 0.2) is 139 Å². The third-order valence-electron chi connectivity index (χ3n) is 13.9. The number of aldehydes is 1. The number of nitro groups is 2. The van der Waals surface area contributed by atoms with Crippen LogP contribution in [0.1, 0.15) is 77.9 Å². The number of allylic oxidation sites excluding steroid dienone is 1. The van der Waals surface area contributed by atoms with E-state index in [1.807, 2.05) is 6.07 Å². The number of nitrogens with zero attached hydrogens (tertiary/aromatic N) is 4. The molecule has 1 fully saturated rings. The predicted octanol–water partition coefficient (Wildman–Crippen LogP) is 10.8. The molecular formula is C56H57FN4O14. The molecule has 5 aromatic carbocycles. The number of carbonyl (C=O) groups is 2. The summed E-state index contributed by atoms with van der Waals surface area (Å²) in [6.07, 6.45) is 7.06. The van der Waals surface area contributed by atoms with E-state index in [0.29, 0.717) is 90.2 Å². The standard InChI is InChI=1S/C56H57FN4O14/c1-3-28-71-56-52(59(33-36-10-14-40(57)15-11-36)55(65)74-43-20-18-42(19-21-43)61(68)69)32-49(58-72-35-37-12-16-41(17-13-37)60(66)67)47-30-38(8-4-6-26-62)46(9-5-7-27-63)53(54(47)56)48-31-45(23-25-51(48)75-56)73-44-22-24-50(70-2)39(29-44)34-64/h3,10-25,29-31,34,38,46,52-54,62-63H,1,4-9,26-28,32-33,35H2,2H3. The summed E-state index contributed by atoms with van der Waals surface area (Å²) < 4.78 is 46.8. The first-order chi connectivity index (χ1) is 36.4. The molecule has 2 N–H and O–H groups in total. The summed E-state index contributed by atoms with van der Waals surface area (Å²) in [5.41, 5.74) is 2.91. The van der Waals surface area contributed by atoms with Crippen LogP contribution in [-0.4, -0.2) is 81.8 Å². The minimum atomic E-state index is -1.77. The Kier molecular flexibility index (Phi) is 17.3. The number of ether oxygens (including phenoxy) is 5. The average Bonchev–Trinajstić information content (AvgIpc) is 3.45. The number of aliphatic hydroxyl groups excluding tert-OH is 2. The third-order valence-corrected chi connectivity index (χ3v) is 13.9. The van der Waals surface area contributed by atoms with Gasteiger partial charge in [-0.25, -0.2) is 9.18 Å². The van der Waals surface area contributed by atoms with Gasteiger partial charge in [0.25, 0.3) is 11.4 Å². The van der Waals surface area contributed by atoms with Crippen molar-refractivity contribution in [2.45, 2.75) is 75.8 Å². The number of halogens is 1. The number of methoxy groups -OCH3 is 1. The minimum absolute atomic E-state index is 0.00254. The van der Waals surface area contributed by atoms with Gasteiger partial charge in [0.15, 0.2) is 6.29 Å². The van der Waals surface area contributed by atoms with E-state index in [-0.39, 0.29) is 73.9 Å². The predicted molar refractivity (Wildman–Crippen MR) is 272 cm³/mol. The van der Waals surface area contributed by atoms with E-state index in [1.165, 1.54) is 72.7 Å². The summed E-state index contributed by atoms with van der Waals surface area (Å²) >= 11 is 0. The van der Waals surface area contributed by atoms with Gasteiger partial charge >= 0.3 is 6.09 Å². The molecule has 19 heteroatoms. The minimum Gasteiger partial charge on any atom is -0.496 e. The first kappa shape index (κ1) is 53.3. The molecule has 1 aliphatic heterocycles. The monoisotopic (exact) mass is 1030 g/mol. The van der Waals surface area contributed by atoms with Crippen LogP contribution >= 0.6 is 0 Å². The molecule has 1 amide bonds. The largest absolute Gasteiger partial charge is 0.496 e. The molecule has 0 aromatic heterocycles. The molecule has 18 nitrogen and oxygen atoms in total. The fourth-order valence-corrected chi connectivity index (χ4v) is 10.5. The Morgan fingerprint density at radius 3 is 2.16 bits per heavy atom. The van der Waals surface area contributed by atoms with Crippen LogP contribution in [0.25, 0.3) is 0 Å². The number of hydrogen-bond donors (Lipinski definition) is 2. The zero-order chi connectivity index (χ0) is 53.1. The first-order valence-corrected chi connectivity index (χ1v) is 24.6. The van der Waals surface area contributed by atoms with E-state index in [4.69, 9.17) is 33.7 Å². The molecule has 0 radical (unpaired) electrons. The van der Waals surface area contributed by atoms with Crippen LogP contribution < -0.4 is 18.9 Å². The van der Waals surface area contributed by atoms with Gasteiger partial charge < -0.3 is 38.7 Å². The number of amides is 1. The Morgan fingerprint density at radius 2 is 1.51 bits per heavy atom. The van der Waals surface area contributed by atoms with Crippen LogP contribution in [0, 0.1) is 43.8 Å². The number of benzene rings is 5. The molecule has 2 aliphatic carbocycles. The van der Waals surface area contributed by atoms with Crippen molar-refractivity contribution in [2.75, 3.05) is 26.9 Å². The number of unbranched alkanes of at least 4 members (excludes halogenated alkanes) is 2. The Morgan fingerprint density at radius 1 is 0.867 bits per heavy atom. The van der Waals surface area contributed by atoms with E-state index >= 15 is 4.79 Å². The summed E-state index contributed by atoms with van der Waals surface area (Å²) in [7, 11) is 1.47. The molecule has 1 heterocycles. The van der Waals surface area contributed by atoms with Crippen LogP contribution in [0.3, 0.4) is 0 Å². The molecule has 8 rings (SSSR count). The Balaban J connectivity index is 1.34. The number of nitro benzene ring substituents is 2. The van der Waals surface area contributed by atoms with Crippen molar-refractivity contribution in [3.8, 4) is 28.7 Å².